The second kappa shape index (κ2) is 9.12. The van der Waals surface area contributed by atoms with Crippen LogP contribution in [0.3, 0.4) is 0 Å². The molecule has 2 amide bonds. The number of para-hydroxylation sites is 1. The van der Waals surface area contributed by atoms with Crippen molar-refractivity contribution in [3.8, 4) is 0 Å². The summed E-state index contributed by atoms with van der Waals surface area (Å²) in [6.45, 7) is 8.16. The smallest absolute Gasteiger partial charge is 0.412 e. The third kappa shape index (κ3) is 4.48. The normalized spacial score (nSPS) is 22.1. The van der Waals surface area contributed by atoms with E-state index < -0.39 is 29.1 Å². The van der Waals surface area contributed by atoms with E-state index in [2.05, 4.69) is 0 Å². The lowest BCUT2D eigenvalue weighted by molar-refractivity contribution is -0.156. The molecule has 1 aliphatic heterocycles. The van der Waals surface area contributed by atoms with Crippen LogP contribution < -0.4 is 4.90 Å². The number of carbonyl (C=O) groups is 2. The summed E-state index contributed by atoms with van der Waals surface area (Å²) in [4.78, 5) is 28.3. The molecule has 2 unspecified atom stereocenters. The fourth-order valence-electron chi connectivity index (χ4n) is 4.60. The summed E-state index contributed by atoms with van der Waals surface area (Å²) < 4.78 is 0. The number of carboxylic acid groups (broad SMARTS) is 1. The van der Waals surface area contributed by atoms with E-state index in [-0.39, 0.29) is 5.91 Å². The molecule has 1 fully saturated rings. The molecule has 3 atom stereocenters. The highest BCUT2D eigenvalue weighted by atomic mass is 35.5. The molecule has 1 aliphatic rings. The Hall–Kier alpha value is -2.57. The molecule has 0 radical (unpaired) electrons. The molecule has 0 spiro atoms. The Labute approximate surface area is 194 Å². The number of hydrogen-bond acceptors (Lipinski definition) is 3. The van der Waals surface area contributed by atoms with Crippen molar-refractivity contribution in [2.24, 2.45) is 11.3 Å². The van der Waals surface area contributed by atoms with Crippen LogP contribution in [0.2, 0.25) is 5.02 Å². The summed E-state index contributed by atoms with van der Waals surface area (Å²) in [7, 11) is 0. The number of carbonyl (C=O) groups excluding carboxylic acids is 1. The monoisotopic (exact) mass is 458 g/mol. The third-order valence-corrected chi connectivity index (χ3v) is 7.10. The quantitative estimate of drug-likeness (QED) is 0.661. The molecule has 3 rings (SSSR count). The van der Waals surface area contributed by atoms with E-state index in [0.717, 1.165) is 5.56 Å². The Kier molecular flexibility index (Phi) is 6.86. The molecule has 2 N–H and O–H groups in total. The van der Waals surface area contributed by atoms with Crippen molar-refractivity contribution in [2.45, 2.75) is 45.8 Å². The maximum Gasteiger partial charge on any atom is 0.412 e. The summed E-state index contributed by atoms with van der Waals surface area (Å²) in [5.74, 6) is -0.672. The van der Waals surface area contributed by atoms with Gasteiger partial charge in [-0.05, 0) is 43.2 Å². The van der Waals surface area contributed by atoms with Crippen molar-refractivity contribution < 1.29 is 19.8 Å². The number of benzene rings is 2. The van der Waals surface area contributed by atoms with Gasteiger partial charge in [0.25, 0.3) is 0 Å². The first-order chi connectivity index (χ1) is 15.0. The molecule has 0 aromatic heterocycles. The van der Waals surface area contributed by atoms with Crippen LogP contribution in [0.15, 0.2) is 54.6 Å². The predicted molar refractivity (Wildman–Crippen MR) is 126 cm³/mol. The van der Waals surface area contributed by atoms with Crippen LogP contribution in [0.4, 0.5) is 10.5 Å². The van der Waals surface area contributed by atoms with Crippen LogP contribution in [0.25, 0.3) is 0 Å². The average molecular weight is 459 g/mol. The zero-order chi connectivity index (χ0) is 23.7. The fourth-order valence-corrected chi connectivity index (χ4v) is 4.72. The van der Waals surface area contributed by atoms with Crippen LogP contribution in [0.5, 0.6) is 0 Å². The molecule has 0 aliphatic carbocycles. The zero-order valence-electron chi connectivity index (χ0n) is 19.0. The van der Waals surface area contributed by atoms with Gasteiger partial charge in [-0.3, -0.25) is 9.69 Å². The van der Waals surface area contributed by atoms with Crippen molar-refractivity contribution in [3.63, 3.8) is 0 Å². The molecular formula is C25H31ClN2O4. The average Bonchev–Trinajstić information content (AvgIpc) is 2.75. The molecule has 1 saturated heterocycles. The molecule has 172 valence electrons. The van der Waals surface area contributed by atoms with E-state index in [0.29, 0.717) is 30.2 Å². The standard InChI is InChI=1S/C25H31ClN2O4/c1-17(18(2)28(23(30)31)21-8-6-5-7-9-21)22(29)27-15-14-25(32,24(3,4)16-27)19-10-12-20(26)13-11-19/h5-13,17-18,32H,14-16H2,1-4H3,(H,30,31)/t17-,18?,25?/m0/s1. The molecule has 7 heteroatoms. The Morgan fingerprint density at radius 1 is 1.06 bits per heavy atom. The minimum atomic E-state index is -1.10. The van der Waals surface area contributed by atoms with Crippen molar-refractivity contribution >= 4 is 29.3 Å². The number of rotatable bonds is 5. The first-order valence-corrected chi connectivity index (χ1v) is 11.2. The van der Waals surface area contributed by atoms with E-state index in [4.69, 9.17) is 11.6 Å². The second-order valence-corrected chi connectivity index (χ2v) is 9.71. The van der Waals surface area contributed by atoms with E-state index in [9.17, 15) is 19.8 Å². The van der Waals surface area contributed by atoms with Crippen molar-refractivity contribution in [2.75, 3.05) is 18.0 Å². The Balaban J connectivity index is 1.78. The first kappa shape index (κ1) is 24.1. The lowest BCUT2D eigenvalue weighted by Crippen LogP contribution is -2.58. The van der Waals surface area contributed by atoms with Crippen LogP contribution in [0, 0.1) is 11.3 Å². The number of hydrogen-bond donors (Lipinski definition) is 2. The van der Waals surface area contributed by atoms with Gasteiger partial charge < -0.3 is 15.1 Å². The number of nitrogens with zero attached hydrogens (tertiary/aromatic N) is 2. The maximum atomic E-state index is 13.4. The summed E-state index contributed by atoms with van der Waals surface area (Å²) >= 11 is 6.01. The molecular weight excluding hydrogens is 428 g/mol. The summed E-state index contributed by atoms with van der Waals surface area (Å²) in [5, 5.41) is 21.9. The number of anilines is 1. The van der Waals surface area contributed by atoms with Gasteiger partial charge in [0.2, 0.25) is 5.91 Å². The summed E-state index contributed by atoms with van der Waals surface area (Å²) in [6, 6.07) is 15.4. The summed E-state index contributed by atoms with van der Waals surface area (Å²) in [6.07, 6.45) is -0.713. The Bertz CT molecular complexity index is 964. The van der Waals surface area contributed by atoms with Crippen molar-refractivity contribution in [3.05, 3.63) is 65.2 Å². The van der Waals surface area contributed by atoms with Gasteiger partial charge in [0, 0.05) is 35.3 Å². The van der Waals surface area contributed by atoms with Crippen LogP contribution in [-0.2, 0) is 10.4 Å². The summed E-state index contributed by atoms with van der Waals surface area (Å²) in [5.41, 5.74) is -0.394. The predicted octanol–water partition coefficient (Wildman–Crippen LogP) is 5.00. The number of likely N-dealkylation sites (tertiary alicyclic amines) is 1. The second-order valence-electron chi connectivity index (χ2n) is 9.28. The molecule has 0 bridgehead atoms. The van der Waals surface area contributed by atoms with Gasteiger partial charge in [0.05, 0.1) is 11.5 Å². The highest BCUT2D eigenvalue weighted by Gasteiger charge is 2.50. The molecule has 6 nitrogen and oxygen atoms in total. The topological polar surface area (TPSA) is 81.1 Å². The molecule has 0 saturated carbocycles. The first-order valence-electron chi connectivity index (χ1n) is 10.8. The van der Waals surface area contributed by atoms with E-state index in [1.54, 1.807) is 55.1 Å². The zero-order valence-corrected chi connectivity index (χ0v) is 19.7. The van der Waals surface area contributed by atoms with Crippen molar-refractivity contribution in [1.29, 1.82) is 0 Å². The van der Waals surface area contributed by atoms with Gasteiger partial charge in [0.1, 0.15) is 0 Å². The fraction of sp³-hybridized carbons (Fsp3) is 0.440. The lowest BCUT2D eigenvalue weighted by Gasteiger charge is -2.51. The van der Waals surface area contributed by atoms with Crippen LogP contribution in [0.1, 0.15) is 39.7 Å². The van der Waals surface area contributed by atoms with Gasteiger partial charge in [0.15, 0.2) is 0 Å². The van der Waals surface area contributed by atoms with E-state index >= 15 is 0 Å². The minimum Gasteiger partial charge on any atom is -0.465 e. The van der Waals surface area contributed by atoms with Gasteiger partial charge in [-0.15, -0.1) is 0 Å². The molecule has 1 heterocycles. The number of halogens is 1. The van der Waals surface area contributed by atoms with Crippen LogP contribution in [-0.4, -0.2) is 46.2 Å². The van der Waals surface area contributed by atoms with Gasteiger partial charge in [-0.1, -0.05) is 62.7 Å². The number of aliphatic hydroxyl groups is 1. The van der Waals surface area contributed by atoms with Crippen molar-refractivity contribution in [1.82, 2.24) is 4.90 Å². The maximum absolute atomic E-state index is 13.4. The lowest BCUT2D eigenvalue weighted by atomic mass is 9.66. The highest BCUT2D eigenvalue weighted by molar-refractivity contribution is 6.30. The Morgan fingerprint density at radius 2 is 1.66 bits per heavy atom. The molecule has 2 aromatic rings. The number of piperidine rings is 1. The van der Waals surface area contributed by atoms with Crippen LogP contribution >= 0.6 is 11.6 Å². The van der Waals surface area contributed by atoms with Gasteiger partial charge in [-0.25, -0.2) is 4.79 Å². The van der Waals surface area contributed by atoms with E-state index in [1.807, 2.05) is 32.0 Å². The van der Waals surface area contributed by atoms with E-state index in [1.165, 1.54) is 4.90 Å². The minimum absolute atomic E-state index is 0.120. The molecule has 32 heavy (non-hydrogen) atoms. The molecule has 2 aromatic carbocycles. The van der Waals surface area contributed by atoms with Gasteiger partial charge >= 0.3 is 6.09 Å². The Morgan fingerprint density at radius 3 is 2.19 bits per heavy atom. The SMILES string of the molecule is CC([C@H](C)C(=O)N1CCC(O)(c2ccc(Cl)cc2)C(C)(C)C1)N(C(=O)O)c1ccccc1. The van der Waals surface area contributed by atoms with Gasteiger partial charge in [-0.2, -0.15) is 0 Å². The number of amides is 2. The largest absolute Gasteiger partial charge is 0.465 e. The third-order valence-electron chi connectivity index (χ3n) is 6.84. The highest BCUT2D eigenvalue weighted by Crippen LogP contribution is 2.46.